The molecule has 0 spiro atoms. The first-order valence-electron chi connectivity index (χ1n) is 42.2. The van der Waals surface area contributed by atoms with Crippen LogP contribution in [0.1, 0.15) is 202 Å². The number of likely N-dealkylation sites (tertiary alicyclic amines) is 3. The fraction of sp³-hybridized carbons (Fsp3) is 0.663. The lowest BCUT2D eigenvalue weighted by Crippen LogP contribution is -2.58. The number of nitrogens with one attached hydrogen (secondary N) is 5. The highest BCUT2D eigenvalue weighted by atomic mass is 19.4. The van der Waals surface area contributed by atoms with E-state index in [2.05, 4.69) is 47.0 Å². The molecule has 6 aliphatic rings. The maximum atomic E-state index is 14.9. The molecule has 11 atom stereocenters. The summed E-state index contributed by atoms with van der Waals surface area (Å²) in [5.74, 6) is -19.3. The zero-order chi connectivity index (χ0) is 94.7. The van der Waals surface area contributed by atoms with Crippen LogP contribution >= 0.6 is 0 Å². The van der Waals surface area contributed by atoms with Crippen LogP contribution in [-0.2, 0) is 109 Å². The third kappa shape index (κ3) is 26.7. The Hall–Kier alpha value is -10.7. The number of benzene rings is 2. The lowest BCUT2D eigenvalue weighted by atomic mass is 9.83. The Bertz CT molecular complexity index is 4670. The van der Waals surface area contributed by atoms with E-state index >= 15 is 0 Å². The molecule has 1 saturated carbocycles. The number of carbonyl (C=O) groups excluding carboxylic acids is 11. The second-order valence-corrected chi connectivity index (χ2v) is 35.9. The van der Waals surface area contributed by atoms with Crippen molar-refractivity contribution in [3.63, 3.8) is 0 Å². The highest BCUT2D eigenvalue weighted by Gasteiger charge is 2.48. The number of amides is 10. The SMILES string of the molecule is CC(C)C(N)C(=O)N1CCCC1C(=O)NC(CC(=O)N1CCn2c(nnc2C(F)(F)F)C1)Cc1cc(F)c(F)cc1F.CC(C)C(NC(=O)C1CCCN1C(=O)C(NC(=O)OC(C)(C)C)C(C)C)C(=O)C1CCCC1C(=O)NC(CC(=O)N1CCn2c(nnc2C(F)(F)F)C1)Cc1cc(F)c(F)cc1F.CC(C)C(NC(=O)OC(C)(C)C)C(=O)N1CCCC1C(=O)O. The van der Waals surface area contributed by atoms with Crippen LogP contribution in [0, 0.1) is 70.4 Å². The first-order valence-corrected chi connectivity index (χ1v) is 42.2. The first kappa shape index (κ1) is 102. The highest BCUT2D eigenvalue weighted by molar-refractivity contribution is 5.98. The van der Waals surface area contributed by atoms with Gasteiger partial charge in [-0.15, -0.1) is 20.4 Å². The van der Waals surface area contributed by atoms with Crippen molar-refractivity contribution in [3.05, 3.63) is 93.6 Å². The van der Waals surface area contributed by atoms with Crippen molar-refractivity contribution < 1.29 is 125 Å². The second kappa shape index (κ2) is 42.5. The topological polar surface area (TPSA) is 407 Å². The van der Waals surface area contributed by atoms with Gasteiger partial charge in [-0.05, 0) is 153 Å². The van der Waals surface area contributed by atoms with Gasteiger partial charge in [-0.25, -0.2) is 40.7 Å². The van der Waals surface area contributed by atoms with Gasteiger partial charge in [0.25, 0.3) is 0 Å². The average Bonchev–Trinajstić information content (AvgIpc) is 1.66. The monoisotopic (exact) mass is 1820 g/mol. The molecule has 7 heterocycles. The van der Waals surface area contributed by atoms with Gasteiger partial charge in [0.1, 0.15) is 53.0 Å². The number of hydrogen-bond acceptors (Lipinski definition) is 19. The van der Waals surface area contributed by atoms with Gasteiger partial charge in [-0.2, -0.15) is 26.3 Å². The van der Waals surface area contributed by atoms with Gasteiger partial charge >= 0.3 is 30.5 Å². The van der Waals surface area contributed by atoms with Gasteiger partial charge in [0.2, 0.25) is 58.9 Å². The molecule has 5 aliphatic heterocycles. The third-order valence-electron chi connectivity index (χ3n) is 22.6. The number of nitrogens with zero attached hydrogens (tertiary/aromatic N) is 11. The molecule has 4 aromatic rings. The summed E-state index contributed by atoms with van der Waals surface area (Å²) in [5.41, 5.74) is 3.86. The number of halogens is 12. The minimum atomic E-state index is -4.78. The van der Waals surface area contributed by atoms with E-state index in [1.165, 1.54) is 24.5 Å². The number of ether oxygens (including phenoxy) is 2. The molecule has 8 N–H and O–H groups in total. The smallest absolute Gasteiger partial charge is 0.451 e. The number of aliphatic carboxylic acids is 1. The summed E-state index contributed by atoms with van der Waals surface area (Å²) < 4.78 is 177. The molecule has 44 heteroatoms. The molecule has 2 aromatic heterocycles. The zero-order valence-corrected chi connectivity index (χ0v) is 73.2. The van der Waals surface area contributed by atoms with Crippen molar-refractivity contribution in [3.8, 4) is 0 Å². The van der Waals surface area contributed by atoms with Crippen molar-refractivity contribution in [2.45, 2.75) is 285 Å². The van der Waals surface area contributed by atoms with Crippen LogP contribution < -0.4 is 32.3 Å². The zero-order valence-electron chi connectivity index (χ0n) is 73.2. The number of rotatable bonds is 26. The van der Waals surface area contributed by atoms with Gasteiger partial charge in [-0.3, -0.25) is 43.2 Å². The summed E-state index contributed by atoms with van der Waals surface area (Å²) in [6, 6.07) is -6.85. The molecule has 4 fully saturated rings. The largest absolute Gasteiger partial charge is 0.480 e. The van der Waals surface area contributed by atoms with Crippen LogP contribution in [0.4, 0.5) is 62.3 Å². The summed E-state index contributed by atoms with van der Waals surface area (Å²) in [5, 5.41) is 36.1. The number of carbonyl (C=O) groups is 12. The van der Waals surface area contributed by atoms with Crippen LogP contribution in [0.3, 0.4) is 0 Å². The number of ketones is 1. The Labute approximate surface area is 726 Å². The molecule has 3 saturated heterocycles. The molecule has 704 valence electrons. The number of alkyl carbamates (subject to hydrolysis) is 2. The summed E-state index contributed by atoms with van der Waals surface area (Å²) >= 11 is 0. The Morgan fingerprint density at radius 1 is 0.433 bits per heavy atom. The van der Waals surface area contributed by atoms with E-state index in [0.717, 1.165) is 9.13 Å². The Kier molecular flexibility index (Phi) is 34.0. The van der Waals surface area contributed by atoms with Gasteiger partial charge < -0.3 is 80.5 Å². The Balaban J connectivity index is 0.000000266. The molecule has 10 amide bonds. The number of Topliss-reactive ketones (excluding diaryl/α,β-unsaturated/α-hetero) is 1. The van der Waals surface area contributed by atoms with Gasteiger partial charge in [0.05, 0.1) is 25.2 Å². The highest BCUT2D eigenvalue weighted by Crippen LogP contribution is 2.37. The molecule has 0 bridgehead atoms. The van der Waals surface area contributed by atoms with Crippen LogP contribution in [0.5, 0.6) is 0 Å². The van der Waals surface area contributed by atoms with E-state index < -0.39 is 233 Å². The molecule has 1 aliphatic carbocycles. The Morgan fingerprint density at radius 2 is 0.795 bits per heavy atom. The van der Waals surface area contributed by atoms with E-state index in [0.29, 0.717) is 75.8 Å². The van der Waals surface area contributed by atoms with Gasteiger partial charge in [-0.1, -0.05) is 61.8 Å². The average molecular weight is 1820 g/mol. The van der Waals surface area contributed by atoms with Crippen LogP contribution in [-0.4, -0.2) is 229 Å². The van der Waals surface area contributed by atoms with E-state index in [4.69, 9.17) is 15.2 Å². The molecule has 32 nitrogen and oxygen atoms in total. The minimum Gasteiger partial charge on any atom is -0.480 e. The molecule has 11 unspecified atom stereocenters. The first-order chi connectivity index (χ1) is 59.0. The molecular formula is C83H113F12N17O15. The minimum absolute atomic E-state index is 0.0873. The Morgan fingerprint density at radius 3 is 1.17 bits per heavy atom. The van der Waals surface area contributed by atoms with E-state index in [1.54, 1.807) is 96.9 Å². The molecule has 127 heavy (non-hydrogen) atoms. The number of nitrogens with two attached hydrogens (primary N) is 1. The fourth-order valence-corrected chi connectivity index (χ4v) is 16.1. The standard InChI is InChI=1S/C42H56F6N8O7.C26H31F6N7O3.C15H26N2O5/c1-21(2)33(50-37(60)30-12-9-13-55(30)38(61)34(22(3)4)51-40(62)63-41(5,6)7)35(58)25-10-8-11-26(25)36(59)49-24(16-23-17-28(44)29(45)19-27(23)43)18-32(57)54-14-15-56-31(20-54)52-53-39(56)42(46,47)48;1-13(2)22(33)24(42)38-5-3-4-19(38)23(41)34-15(8-14-9-17(28)18(29)11-16(14)27)10-21(40)37-6-7-39-20(12-37)35-36-25(39)26(30,31)32;1-9(2)11(16-14(21)22-15(3,4)5)12(18)17-8-6-7-10(17)13(19)20/h17,19,21-22,24-26,30,33-34H,8-16,18,20H2,1-7H3,(H,49,59)(H,50,60)(H,51,62);9,11,13,15,19,22H,3-8,10,12,33H2,1-2H3,(H,34,41);9-11H,6-8H2,1-5H3,(H,16,21)(H,19,20). The maximum Gasteiger partial charge on any atom is 0.451 e. The summed E-state index contributed by atoms with van der Waals surface area (Å²) in [6.07, 6.45) is -9.18. The molecule has 10 rings (SSSR count). The summed E-state index contributed by atoms with van der Waals surface area (Å²) in [6.45, 7) is 23.8. The maximum absolute atomic E-state index is 14.9. The lowest BCUT2D eigenvalue weighted by Gasteiger charge is -2.33. The quantitative estimate of drug-likeness (QED) is 0.0228. The molecule has 2 aromatic carbocycles. The van der Waals surface area contributed by atoms with Crippen molar-refractivity contribution in [2.75, 3.05) is 32.7 Å². The van der Waals surface area contributed by atoms with E-state index in [1.807, 2.05) is 0 Å². The van der Waals surface area contributed by atoms with Crippen LogP contribution in [0.2, 0.25) is 0 Å². The second-order valence-electron chi connectivity index (χ2n) is 35.9. The van der Waals surface area contributed by atoms with Gasteiger partial charge in [0, 0.05) is 94.7 Å². The number of alkyl halides is 6. The lowest BCUT2D eigenvalue weighted by molar-refractivity contribution is -0.149. The molecule has 0 radical (unpaired) electrons. The number of fused-ring (bicyclic) bond motifs is 2. The van der Waals surface area contributed by atoms with Crippen LogP contribution in [0.25, 0.3) is 0 Å². The van der Waals surface area contributed by atoms with Gasteiger partial charge in [0.15, 0.2) is 40.7 Å². The number of carboxylic acid groups (broad SMARTS) is 1. The number of hydrogen-bond donors (Lipinski definition) is 7. The normalized spacial score (nSPS) is 19.8. The predicted octanol–water partition coefficient (Wildman–Crippen LogP) is 8.60. The number of aromatic nitrogens is 6. The van der Waals surface area contributed by atoms with E-state index in [9.17, 15) is 115 Å². The number of carboxylic acids is 1. The van der Waals surface area contributed by atoms with Crippen molar-refractivity contribution in [1.82, 2.24) is 80.6 Å². The van der Waals surface area contributed by atoms with Crippen molar-refractivity contribution >= 4 is 71.2 Å². The van der Waals surface area contributed by atoms with Crippen molar-refractivity contribution in [1.29, 1.82) is 0 Å². The third-order valence-corrected chi connectivity index (χ3v) is 22.6. The summed E-state index contributed by atoms with van der Waals surface area (Å²) in [7, 11) is 0. The molecular weight excluding hydrogens is 1700 g/mol. The fourth-order valence-electron chi connectivity index (χ4n) is 16.1. The van der Waals surface area contributed by atoms with Crippen molar-refractivity contribution in [2.24, 2.45) is 41.2 Å². The summed E-state index contributed by atoms with van der Waals surface area (Å²) in [4.78, 5) is 164. The van der Waals surface area contributed by atoms with E-state index in [-0.39, 0.29) is 112 Å². The predicted molar refractivity (Wildman–Crippen MR) is 427 cm³/mol. The van der Waals surface area contributed by atoms with Crippen LogP contribution in [0.15, 0.2) is 24.3 Å².